The van der Waals surface area contributed by atoms with Crippen molar-refractivity contribution in [3.63, 3.8) is 0 Å². The summed E-state index contributed by atoms with van der Waals surface area (Å²) >= 11 is 0. The predicted molar refractivity (Wildman–Crippen MR) is 160 cm³/mol. The third-order valence-electron chi connectivity index (χ3n) is 7.00. The highest BCUT2D eigenvalue weighted by atomic mass is 16.5. The number of carbonyl (C=O) groups is 3. The molecule has 0 radical (unpaired) electrons. The molecular formula is C34H33N3O4. The van der Waals surface area contributed by atoms with Crippen LogP contribution in [0.2, 0.25) is 0 Å². The number of para-hydroxylation sites is 1. The van der Waals surface area contributed by atoms with Gasteiger partial charge >= 0.3 is 0 Å². The van der Waals surface area contributed by atoms with Crippen molar-refractivity contribution < 1.29 is 19.1 Å². The molecule has 208 valence electrons. The molecule has 7 heteroatoms. The van der Waals surface area contributed by atoms with Crippen LogP contribution in [0.5, 0.6) is 5.75 Å². The first-order valence-corrected chi connectivity index (χ1v) is 13.7. The lowest BCUT2D eigenvalue weighted by Crippen LogP contribution is -2.54. The molecule has 0 unspecified atom stereocenters. The van der Waals surface area contributed by atoms with E-state index in [9.17, 15) is 14.4 Å². The summed E-state index contributed by atoms with van der Waals surface area (Å²) < 4.78 is 6.01. The molecule has 0 spiro atoms. The zero-order chi connectivity index (χ0) is 28.8. The highest BCUT2D eigenvalue weighted by molar-refractivity contribution is 6.08. The molecule has 7 nitrogen and oxygen atoms in total. The van der Waals surface area contributed by atoms with E-state index in [1.54, 1.807) is 44.2 Å². The Labute approximate surface area is 240 Å². The molecule has 1 aliphatic heterocycles. The maximum atomic E-state index is 13.9. The fourth-order valence-corrected chi connectivity index (χ4v) is 4.87. The second-order valence-corrected chi connectivity index (χ2v) is 10.5. The molecule has 5 rings (SSSR count). The molecule has 0 atom stereocenters. The number of ether oxygens (including phenoxy) is 1. The molecule has 0 bridgehead atoms. The van der Waals surface area contributed by atoms with Gasteiger partial charge in [0.25, 0.3) is 11.8 Å². The van der Waals surface area contributed by atoms with Gasteiger partial charge in [-0.3, -0.25) is 19.3 Å². The maximum Gasteiger partial charge on any atom is 0.271 e. The fraction of sp³-hybridized carbons (Fsp3) is 0.206. The second kappa shape index (κ2) is 12.1. The molecule has 0 aliphatic carbocycles. The molecule has 0 saturated heterocycles. The lowest BCUT2D eigenvalue weighted by Gasteiger charge is -2.38. The number of rotatable bonds is 9. The van der Waals surface area contributed by atoms with Gasteiger partial charge in [0.05, 0.1) is 5.69 Å². The minimum Gasteiger partial charge on any atom is -0.476 e. The van der Waals surface area contributed by atoms with Crippen molar-refractivity contribution in [1.82, 2.24) is 4.90 Å². The Hall–Kier alpha value is -4.91. The van der Waals surface area contributed by atoms with Crippen LogP contribution < -0.4 is 15.0 Å². The van der Waals surface area contributed by atoms with Gasteiger partial charge in [-0.2, -0.15) is 0 Å². The minimum atomic E-state index is -1.17. The van der Waals surface area contributed by atoms with E-state index in [0.29, 0.717) is 42.2 Å². The number of nitrogens with one attached hydrogen (secondary N) is 1. The number of carbonyl (C=O) groups excluding carboxylic acids is 3. The van der Waals surface area contributed by atoms with Gasteiger partial charge in [-0.15, -0.1) is 0 Å². The number of hydrogen-bond acceptors (Lipinski definition) is 4. The molecule has 41 heavy (non-hydrogen) atoms. The first-order chi connectivity index (χ1) is 19.8. The van der Waals surface area contributed by atoms with Gasteiger partial charge in [0.1, 0.15) is 12.3 Å². The van der Waals surface area contributed by atoms with Crippen LogP contribution in [0.3, 0.4) is 0 Å². The monoisotopic (exact) mass is 547 g/mol. The van der Waals surface area contributed by atoms with Gasteiger partial charge in [-0.05, 0) is 61.7 Å². The van der Waals surface area contributed by atoms with Gasteiger partial charge in [0.2, 0.25) is 5.91 Å². The summed E-state index contributed by atoms with van der Waals surface area (Å²) in [5.41, 5.74) is 2.44. The zero-order valence-corrected chi connectivity index (χ0v) is 23.2. The van der Waals surface area contributed by atoms with Crippen molar-refractivity contribution in [2.75, 3.05) is 23.3 Å². The minimum absolute atomic E-state index is 0.168. The maximum absolute atomic E-state index is 13.9. The number of amides is 3. The Kier molecular flexibility index (Phi) is 8.15. The van der Waals surface area contributed by atoms with Crippen LogP contribution in [0.4, 0.5) is 11.4 Å². The normalized spacial score (nSPS) is 13.6. The largest absolute Gasteiger partial charge is 0.476 e. The molecule has 0 saturated carbocycles. The van der Waals surface area contributed by atoms with Crippen molar-refractivity contribution in [3.8, 4) is 5.75 Å². The highest BCUT2D eigenvalue weighted by Gasteiger charge is 2.42. The van der Waals surface area contributed by atoms with Crippen molar-refractivity contribution >= 4 is 29.1 Å². The average Bonchev–Trinajstić information content (AvgIpc) is 2.98. The van der Waals surface area contributed by atoms with Crippen molar-refractivity contribution in [3.05, 3.63) is 126 Å². The number of hydrogen-bond donors (Lipinski definition) is 1. The van der Waals surface area contributed by atoms with E-state index in [1.165, 1.54) is 4.90 Å². The first kappa shape index (κ1) is 27.6. The Balaban J connectivity index is 1.42. The van der Waals surface area contributed by atoms with E-state index < -0.39 is 5.60 Å². The van der Waals surface area contributed by atoms with E-state index in [2.05, 4.69) is 5.32 Å². The molecule has 1 aliphatic rings. The first-order valence-electron chi connectivity index (χ1n) is 13.7. The standard InChI is InChI=1S/C34H33N3O4/c1-34(2)33(40)37(24-31(38)35-28-16-10-5-11-17-28)29-22-27(18-19-30(29)41-34)32(39)36(23-26-14-8-4-9-15-26)21-20-25-12-6-3-7-13-25/h3-19,22H,20-21,23-24H2,1-2H3,(H,35,38). The van der Waals surface area contributed by atoms with E-state index in [-0.39, 0.29) is 24.3 Å². The average molecular weight is 548 g/mol. The SMILES string of the molecule is CC1(C)Oc2ccc(C(=O)N(CCc3ccccc3)Cc3ccccc3)cc2N(CC(=O)Nc2ccccc2)C1=O. The van der Waals surface area contributed by atoms with E-state index in [1.807, 2.05) is 83.8 Å². The van der Waals surface area contributed by atoms with Crippen LogP contribution in [0.1, 0.15) is 35.3 Å². The van der Waals surface area contributed by atoms with Crippen molar-refractivity contribution in [2.24, 2.45) is 0 Å². The van der Waals surface area contributed by atoms with Crippen LogP contribution in [0.25, 0.3) is 0 Å². The van der Waals surface area contributed by atoms with E-state index >= 15 is 0 Å². The lowest BCUT2D eigenvalue weighted by atomic mass is 10.0. The van der Waals surface area contributed by atoms with Gasteiger partial charge in [0, 0.05) is 24.3 Å². The summed E-state index contributed by atoms with van der Waals surface area (Å²) in [5, 5.41) is 2.83. The number of nitrogens with zero attached hydrogens (tertiary/aromatic N) is 2. The van der Waals surface area contributed by atoms with Crippen molar-refractivity contribution in [2.45, 2.75) is 32.4 Å². The molecule has 3 amide bonds. The molecular weight excluding hydrogens is 514 g/mol. The van der Waals surface area contributed by atoms with Gasteiger partial charge in [-0.1, -0.05) is 78.9 Å². The van der Waals surface area contributed by atoms with E-state index in [4.69, 9.17) is 4.74 Å². The van der Waals surface area contributed by atoms with Gasteiger partial charge in [0.15, 0.2) is 5.60 Å². The van der Waals surface area contributed by atoms with Crippen LogP contribution >= 0.6 is 0 Å². The molecule has 0 fully saturated rings. The molecule has 1 heterocycles. The lowest BCUT2D eigenvalue weighted by molar-refractivity contribution is -0.133. The van der Waals surface area contributed by atoms with Crippen molar-refractivity contribution in [1.29, 1.82) is 0 Å². The summed E-state index contributed by atoms with van der Waals surface area (Å²) in [4.78, 5) is 43.6. The highest BCUT2D eigenvalue weighted by Crippen LogP contribution is 2.38. The summed E-state index contributed by atoms with van der Waals surface area (Å²) in [6.45, 7) is 4.08. The van der Waals surface area contributed by atoms with Crippen LogP contribution in [-0.4, -0.2) is 41.3 Å². The zero-order valence-electron chi connectivity index (χ0n) is 23.2. The Morgan fingerprint density at radius 2 is 1.44 bits per heavy atom. The second-order valence-electron chi connectivity index (χ2n) is 10.5. The Morgan fingerprint density at radius 1 is 0.829 bits per heavy atom. The van der Waals surface area contributed by atoms with Gasteiger partial charge in [-0.25, -0.2) is 0 Å². The third kappa shape index (κ3) is 6.64. The molecule has 0 aromatic heterocycles. The van der Waals surface area contributed by atoms with Gasteiger partial charge < -0.3 is 15.0 Å². The van der Waals surface area contributed by atoms with E-state index in [0.717, 1.165) is 11.1 Å². The Morgan fingerprint density at radius 3 is 2.10 bits per heavy atom. The van der Waals surface area contributed by atoms with Crippen LogP contribution in [0.15, 0.2) is 109 Å². The smallest absolute Gasteiger partial charge is 0.271 e. The summed E-state index contributed by atoms with van der Waals surface area (Å²) in [6.07, 6.45) is 0.700. The number of anilines is 2. The molecule has 1 N–H and O–H groups in total. The summed E-state index contributed by atoms with van der Waals surface area (Å²) in [6, 6.07) is 34.1. The topological polar surface area (TPSA) is 79.0 Å². The van der Waals surface area contributed by atoms with Crippen LogP contribution in [0, 0.1) is 0 Å². The number of benzene rings is 4. The summed E-state index contributed by atoms with van der Waals surface area (Å²) in [5.74, 6) is -0.433. The third-order valence-corrected chi connectivity index (χ3v) is 7.00. The quantitative estimate of drug-likeness (QED) is 0.291. The van der Waals surface area contributed by atoms with Crippen LogP contribution in [-0.2, 0) is 22.6 Å². The fourth-order valence-electron chi connectivity index (χ4n) is 4.87. The molecule has 4 aromatic rings. The Bertz CT molecular complexity index is 1520. The summed E-state index contributed by atoms with van der Waals surface area (Å²) in [7, 11) is 0. The molecule has 4 aromatic carbocycles. The number of fused-ring (bicyclic) bond motifs is 1. The predicted octanol–water partition coefficient (Wildman–Crippen LogP) is 5.71.